The fraction of sp³-hybridized carbons (Fsp3) is 0.158. The molecule has 0 spiro atoms. The van der Waals surface area contributed by atoms with Gasteiger partial charge in [-0.25, -0.2) is 4.79 Å². The van der Waals surface area contributed by atoms with E-state index in [4.69, 9.17) is 14.2 Å². The Bertz CT molecular complexity index is 1690. The van der Waals surface area contributed by atoms with Crippen LogP contribution in [0.1, 0.15) is 21.5 Å². The van der Waals surface area contributed by atoms with Crippen LogP contribution in [0.3, 0.4) is 0 Å². The highest BCUT2D eigenvalue weighted by Gasteiger charge is 2.22. The van der Waals surface area contributed by atoms with E-state index in [-0.39, 0.29) is 5.78 Å². The van der Waals surface area contributed by atoms with E-state index in [0.717, 1.165) is 28.4 Å². The summed E-state index contributed by atoms with van der Waals surface area (Å²) in [5, 5.41) is 3.26. The number of hydrogen-bond acceptors (Lipinski definition) is 7. The molecule has 0 saturated heterocycles. The fourth-order valence-electron chi connectivity index (χ4n) is 5.08. The molecule has 7 heteroatoms. The summed E-state index contributed by atoms with van der Waals surface area (Å²) in [7, 11) is 3.02. The molecule has 5 aromatic rings. The highest BCUT2D eigenvalue weighted by molar-refractivity contribution is 6.12. The van der Waals surface area contributed by atoms with E-state index in [1.165, 1.54) is 7.11 Å². The summed E-state index contributed by atoms with van der Waals surface area (Å²) in [5.41, 5.74) is 4.61. The number of carbonyl (C=O) groups excluding carboxylic acids is 2. The van der Waals surface area contributed by atoms with Gasteiger partial charge in [-0.05, 0) is 54.1 Å². The maximum absolute atomic E-state index is 13.2. The monoisotopic (exact) mass is 600 g/mol. The van der Waals surface area contributed by atoms with Crippen LogP contribution in [0.4, 0.5) is 17.1 Å². The number of benzene rings is 5. The van der Waals surface area contributed by atoms with Gasteiger partial charge < -0.3 is 24.4 Å². The SMILES string of the molecule is COC(=O)[C@H](Cc1ccc(OCCN(c2ccccc2)c2cccc(OC)c2)cc1)Nc1ccccc1C(=O)c1ccccc1. The third kappa shape index (κ3) is 8.09. The van der Waals surface area contributed by atoms with Gasteiger partial charge in [-0.2, -0.15) is 0 Å². The molecule has 0 amide bonds. The van der Waals surface area contributed by atoms with Crippen molar-refractivity contribution in [1.29, 1.82) is 0 Å². The van der Waals surface area contributed by atoms with Crippen LogP contribution in [-0.4, -0.2) is 45.2 Å². The standard InChI is InChI=1S/C38H36N2O5/c1-43-33-17-11-16-31(27-33)40(30-14-7-4-8-15-30)24-25-45-32-22-20-28(21-23-32)26-36(38(42)44-2)39-35-19-10-9-18-34(35)37(41)29-12-5-3-6-13-29/h3-23,27,36,39H,24-26H2,1-2H3/t36-/m0/s1. The third-order valence-corrected chi connectivity index (χ3v) is 7.40. The predicted octanol–water partition coefficient (Wildman–Crippen LogP) is 7.34. The molecule has 0 aliphatic heterocycles. The van der Waals surface area contributed by atoms with Gasteiger partial charge in [-0.15, -0.1) is 0 Å². The van der Waals surface area contributed by atoms with Crippen LogP contribution in [0.2, 0.25) is 0 Å². The van der Waals surface area contributed by atoms with Gasteiger partial charge >= 0.3 is 5.97 Å². The summed E-state index contributed by atoms with van der Waals surface area (Å²) < 4.78 is 16.7. The van der Waals surface area contributed by atoms with Crippen molar-refractivity contribution >= 4 is 28.8 Å². The minimum Gasteiger partial charge on any atom is -0.497 e. The number of rotatable bonds is 14. The number of methoxy groups -OCH3 is 2. The van der Waals surface area contributed by atoms with Gasteiger partial charge in [0, 0.05) is 40.7 Å². The minimum atomic E-state index is -0.700. The minimum absolute atomic E-state index is 0.124. The topological polar surface area (TPSA) is 77.1 Å². The van der Waals surface area contributed by atoms with Crippen LogP contribution in [0.25, 0.3) is 0 Å². The van der Waals surface area contributed by atoms with Gasteiger partial charge in [-0.1, -0.05) is 78.9 Å². The average Bonchev–Trinajstić information content (AvgIpc) is 3.11. The molecular formula is C38H36N2O5. The predicted molar refractivity (Wildman–Crippen MR) is 178 cm³/mol. The Morgan fingerprint density at radius 2 is 1.38 bits per heavy atom. The maximum Gasteiger partial charge on any atom is 0.328 e. The van der Waals surface area contributed by atoms with Crippen molar-refractivity contribution in [2.45, 2.75) is 12.5 Å². The molecule has 0 saturated carbocycles. The fourth-order valence-corrected chi connectivity index (χ4v) is 5.08. The second-order valence-corrected chi connectivity index (χ2v) is 10.3. The maximum atomic E-state index is 13.2. The second kappa shape index (κ2) is 15.3. The first-order valence-corrected chi connectivity index (χ1v) is 14.8. The van der Waals surface area contributed by atoms with Gasteiger partial charge in [-0.3, -0.25) is 4.79 Å². The van der Waals surface area contributed by atoms with Gasteiger partial charge in [0.15, 0.2) is 5.78 Å². The third-order valence-electron chi connectivity index (χ3n) is 7.40. The summed E-state index contributed by atoms with van der Waals surface area (Å²) in [4.78, 5) is 28.2. The molecule has 0 fully saturated rings. The highest BCUT2D eigenvalue weighted by Crippen LogP contribution is 2.28. The Hall–Kier alpha value is -5.56. The number of ether oxygens (including phenoxy) is 3. The molecule has 1 N–H and O–H groups in total. The number of esters is 1. The van der Waals surface area contributed by atoms with Crippen molar-refractivity contribution in [2.75, 3.05) is 37.6 Å². The van der Waals surface area contributed by atoms with Crippen LogP contribution in [0.15, 0.2) is 133 Å². The zero-order valence-electron chi connectivity index (χ0n) is 25.4. The zero-order valence-corrected chi connectivity index (χ0v) is 25.4. The molecule has 1 atom stereocenters. The number of hydrogen-bond donors (Lipinski definition) is 1. The van der Waals surface area contributed by atoms with Crippen molar-refractivity contribution in [3.8, 4) is 11.5 Å². The molecule has 0 heterocycles. The first kappa shape index (κ1) is 30.9. The van der Waals surface area contributed by atoms with E-state index < -0.39 is 12.0 Å². The van der Waals surface area contributed by atoms with E-state index in [9.17, 15) is 9.59 Å². The Morgan fingerprint density at radius 1 is 0.711 bits per heavy atom. The lowest BCUT2D eigenvalue weighted by atomic mass is 10.00. The van der Waals surface area contributed by atoms with Gasteiger partial charge in [0.05, 0.1) is 20.8 Å². The first-order valence-electron chi connectivity index (χ1n) is 14.8. The van der Waals surface area contributed by atoms with E-state index >= 15 is 0 Å². The van der Waals surface area contributed by atoms with Gasteiger partial charge in [0.1, 0.15) is 24.1 Å². The zero-order chi connectivity index (χ0) is 31.4. The quantitative estimate of drug-likeness (QED) is 0.106. The molecule has 45 heavy (non-hydrogen) atoms. The largest absolute Gasteiger partial charge is 0.497 e. The van der Waals surface area contributed by atoms with Gasteiger partial charge in [0.25, 0.3) is 0 Å². The molecule has 5 rings (SSSR count). The number of nitrogens with zero attached hydrogens (tertiary/aromatic N) is 1. The normalized spacial score (nSPS) is 11.2. The number of anilines is 3. The molecule has 0 bridgehead atoms. The highest BCUT2D eigenvalue weighted by atomic mass is 16.5. The van der Waals surface area contributed by atoms with Crippen LogP contribution < -0.4 is 19.7 Å². The summed E-state index contributed by atoms with van der Waals surface area (Å²) in [6.07, 6.45) is 0.360. The summed E-state index contributed by atoms with van der Waals surface area (Å²) in [6.45, 7) is 1.07. The van der Waals surface area contributed by atoms with Crippen LogP contribution in [-0.2, 0) is 16.0 Å². The molecule has 0 aliphatic carbocycles. The van der Waals surface area contributed by atoms with E-state index in [2.05, 4.69) is 22.3 Å². The Morgan fingerprint density at radius 3 is 2.09 bits per heavy atom. The lowest BCUT2D eigenvalue weighted by Crippen LogP contribution is -2.33. The summed E-state index contributed by atoms with van der Waals surface area (Å²) >= 11 is 0. The molecule has 0 aromatic heterocycles. The van der Waals surface area contributed by atoms with E-state index in [1.54, 1.807) is 31.4 Å². The molecular weight excluding hydrogens is 564 g/mol. The van der Waals surface area contributed by atoms with Crippen molar-refractivity contribution < 1.29 is 23.8 Å². The van der Waals surface area contributed by atoms with Crippen LogP contribution in [0.5, 0.6) is 11.5 Å². The van der Waals surface area contributed by atoms with Crippen molar-refractivity contribution in [3.05, 3.63) is 150 Å². The number of carbonyl (C=O) groups is 2. The van der Waals surface area contributed by atoms with E-state index in [0.29, 0.717) is 36.4 Å². The second-order valence-electron chi connectivity index (χ2n) is 10.3. The molecule has 5 aromatic carbocycles. The Labute approximate surface area is 264 Å². The molecule has 0 radical (unpaired) electrons. The van der Waals surface area contributed by atoms with Crippen LogP contribution >= 0.6 is 0 Å². The van der Waals surface area contributed by atoms with Crippen molar-refractivity contribution in [3.63, 3.8) is 0 Å². The lowest BCUT2D eigenvalue weighted by Gasteiger charge is -2.25. The molecule has 0 unspecified atom stereocenters. The van der Waals surface area contributed by atoms with Crippen LogP contribution in [0, 0.1) is 0 Å². The van der Waals surface area contributed by atoms with Crippen molar-refractivity contribution in [2.24, 2.45) is 0 Å². The molecule has 0 aliphatic rings. The average molecular weight is 601 g/mol. The van der Waals surface area contributed by atoms with Crippen molar-refractivity contribution in [1.82, 2.24) is 0 Å². The molecule has 228 valence electrons. The summed E-state index contributed by atoms with van der Waals surface area (Å²) in [5.74, 6) is 0.964. The molecule has 7 nitrogen and oxygen atoms in total. The summed E-state index contributed by atoms with van der Waals surface area (Å²) in [6, 6.07) is 41.3. The Balaban J connectivity index is 1.24. The smallest absolute Gasteiger partial charge is 0.328 e. The number of nitrogens with one attached hydrogen (secondary N) is 1. The first-order chi connectivity index (χ1) is 22.1. The van der Waals surface area contributed by atoms with Gasteiger partial charge in [0.2, 0.25) is 0 Å². The lowest BCUT2D eigenvalue weighted by molar-refractivity contribution is -0.141. The number of ketones is 1. The Kier molecular flexibility index (Phi) is 10.5. The van der Waals surface area contributed by atoms with E-state index in [1.807, 2.05) is 97.1 Å². The number of para-hydroxylation sites is 2.